The van der Waals surface area contributed by atoms with E-state index in [1.807, 2.05) is 24.3 Å². The lowest BCUT2D eigenvalue weighted by Gasteiger charge is -2.27. The van der Waals surface area contributed by atoms with Gasteiger partial charge in [-0.3, -0.25) is 13.9 Å². The molecular weight excluding hydrogens is 392 g/mol. The monoisotopic (exact) mass is 414 g/mol. The first-order valence-electron chi connectivity index (χ1n) is 9.75. The molecule has 0 unspecified atom stereocenters. The third kappa shape index (κ3) is 3.55. The molecule has 0 radical (unpaired) electrons. The van der Waals surface area contributed by atoms with E-state index >= 15 is 0 Å². The molecule has 4 rings (SSSR count). The van der Waals surface area contributed by atoms with Gasteiger partial charge < -0.3 is 5.11 Å². The maximum atomic E-state index is 13.0. The summed E-state index contributed by atoms with van der Waals surface area (Å²) >= 11 is 0. The average molecular weight is 414 g/mol. The van der Waals surface area contributed by atoms with Crippen LogP contribution in [-0.2, 0) is 24.5 Å². The normalized spacial score (nSPS) is 11.8. The molecule has 0 aliphatic carbocycles. The minimum absolute atomic E-state index is 0.117. The molecule has 0 aliphatic heterocycles. The topological polar surface area (TPSA) is 88.6 Å². The first-order valence-corrected chi connectivity index (χ1v) is 9.75. The highest BCUT2D eigenvalue weighted by Crippen LogP contribution is 2.29. The zero-order valence-corrected chi connectivity index (χ0v) is 17.2. The molecule has 0 saturated heterocycles. The number of hydrogen-bond donors (Lipinski definition) is 2. The quantitative estimate of drug-likeness (QED) is 0.388. The van der Waals surface area contributed by atoms with Crippen LogP contribution in [0.1, 0.15) is 16.7 Å². The number of nitrogens with zero attached hydrogens (tertiary/aromatic N) is 3. The van der Waals surface area contributed by atoms with Gasteiger partial charge in [0.15, 0.2) is 5.60 Å². The van der Waals surface area contributed by atoms with Gasteiger partial charge in [-0.05, 0) is 28.8 Å². The van der Waals surface area contributed by atoms with Gasteiger partial charge in [0, 0.05) is 14.1 Å². The van der Waals surface area contributed by atoms with E-state index in [4.69, 9.17) is 0 Å². The largest absolute Gasteiger partial charge is 0.372 e. The predicted octanol–water partition coefficient (Wildman–Crippen LogP) is 2.26. The number of carbonyl (C=O) groups is 1. The average Bonchev–Trinajstić information content (AvgIpc) is 3.03. The highest BCUT2D eigenvalue weighted by Gasteiger charge is 2.39. The van der Waals surface area contributed by atoms with Gasteiger partial charge in [-0.2, -0.15) is 5.10 Å². The number of carbonyl (C=O) groups excluding carboxylic acids is 1. The second-order valence-corrected chi connectivity index (χ2v) is 7.29. The van der Waals surface area contributed by atoms with Crippen molar-refractivity contribution in [3.05, 3.63) is 106 Å². The summed E-state index contributed by atoms with van der Waals surface area (Å²) in [5.41, 5.74) is 3.59. The van der Waals surface area contributed by atoms with Gasteiger partial charge in [-0.15, -0.1) is 0 Å². The van der Waals surface area contributed by atoms with Crippen LogP contribution in [0.15, 0.2) is 88.8 Å². The van der Waals surface area contributed by atoms with Crippen molar-refractivity contribution in [1.29, 1.82) is 0 Å². The molecule has 0 atom stereocenters. The smallest absolute Gasteiger partial charge is 0.328 e. The number of aryl methyl sites for hydroxylation is 2. The molecule has 7 heteroatoms. The second-order valence-electron chi connectivity index (χ2n) is 7.29. The molecule has 31 heavy (non-hydrogen) atoms. The lowest BCUT2D eigenvalue weighted by Crippen LogP contribution is -2.43. The fraction of sp³-hybridized carbons (Fsp3) is 0.125. The molecule has 1 aromatic heterocycles. The van der Waals surface area contributed by atoms with Crippen molar-refractivity contribution < 1.29 is 9.90 Å². The molecule has 7 nitrogen and oxygen atoms in total. The Bertz CT molecular complexity index is 1280. The SMILES string of the molecule is Cn1c(=O)n(C)c2cc(/C=N\NC(=O)C(O)(c3ccccc3)c3ccccc3)ccc21. The molecular formula is C24H22N4O3. The van der Waals surface area contributed by atoms with Crippen LogP contribution in [0.4, 0.5) is 0 Å². The van der Waals surface area contributed by atoms with E-state index < -0.39 is 11.5 Å². The van der Waals surface area contributed by atoms with Crippen LogP contribution in [-0.4, -0.2) is 26.4 Å². The van der Waals surface area contributed by atoms with E-state index in [9.17, 15) is 14.7 Å². The van der Waals surface area contributed by atoms with Gasteiger partial charge in [-0.25, -0.2) is 10.2 Å². The zero-order chi connectivity index (χ0) is 22.0. The van der Waals surface area contributed by atoms with E-state index in [0.29, 0.717) is 16.7 Å². The van der Waals surface area contributed by atoms with E-state index in [2.05, 4.69) is 10.5 Å². The molecule has 1 amide bonds. The summed E-state index contributed by atoms with van der Waals surface area (Å²) in [5, 5.41) is 15.4. The maximum absolute atomic E-state index is 13.0. The number of rotatable bonds is 5. The lowest BCUT2D eigenvalue weighted by molar-refractivity contribution is -0.136. The van der Waals surface area contributed by atoms with Crippen molar-refractivity contribution in [2.75, 3.05) is 0 Å². The summed E-state index contributed by atoms with van der Waals surface area (Å²) in [4.78, 5) is 25.1. The van der Waals surface area contributed by atoms with Crippen LogP contribution in [0, 0.1) is 0 Å². The Balaban J connectivity index is 1.63. The summed E-state index contributed by atoms with van der Waals surface area (Å²) in [7, 11) is 3.42. The standard InChI is InChI=1S/C24H22N4O3/c1-27-20-14-13-17(15-21(20)28(2)23(27)30)16-25-26-22(29)24(31,18-9-5-3-6-10-18)19-11-7-4-8-12-19/h3-16,31H,1-2H3,(H,26,29)/b25-16-. The first kappa shape index (κ1) is 20.3. The van der Waals surface area contributed by atoms with Crippen LogP contribution < -0.4 is 11.1 Å². The lowest BCUT2D eigenvalue weighted by atomic mass is 9.85. The number of aromatic nitrogens is 2. The molecule has 0 spiro atoms. The van der Waals surface area contributed by atoms with Crippen LogP contribution in [0.5, 0.6) is 0 Å². The molecule has 1 heterocycles. The molecule has 0 aliphatic rings. The van der Waals surface area contributed by atoms with Crippen molar-refractivity contribution >= 4 is 23.2 Å². The van der Waals surface area contributed by atoms with E-state index in [1.165, 1.54) is 6.21 Å². The number of imidazole rings is 1. The van der Waals surface area contributed by atoms with Gasteiger partial charge in [0.2, 0.25) is 0 Å². The number of benzene rings is 3. The van der Waals surface area contributed by atoms with Crippen molar-refractivity contribution in [3.63, 3.8) is 0 Å². The molecule has 0 fully saturated rings. The number of aliphatic hydroxyl groups is 1. The van der Waals surface area contributed by atoms with Crippen molar-refractivity contribution in [2.45, 2.75) is 5.60 Å². The first-order chi connectivity index (χ1) is 14.9. The molecule has 0 saturated carbocycles. The summed E-state index contributed by atoms with van der Waals surface area (Å²) in [5.74, 6) is -0.672. The van der Waals surface area contributed by atoms with Gasteiger partial charge in [0.1, 0.15) is 0 Å². The molecule has 156 valence electrons. The summed E-state index contributed by atoms with van der Waals surface area (Å²) in [6, 6.07) is 22.9. The van der Waals surface area contributed by atoms with Crippen molar-refractivity contribution in [1.82, 2.24) is 14.6 Å². The van der Waals surface area contributed by atoms with Crippen molar-refractivity contribution in [2.24, 2.45) is 19.2 Å². The number of hydrogen-bond acceptors (Lipinski definition) is 4. The Labute approximate surface area is 178 Å². The molecule has 3 aromatic carbocycles. The van der Waals surface area contributed by atoms with Gasteiger partial charge >= 0.3 is 5.69 Å². The Morgan fingerprint density at radius 1 is 0.903 bits per heavy atom. The Kier molecular flexibility index (Phi) is 5.27. The van der Waals surface area contributed by atoms with Gasteiger partial charge in [0.25, 0.3) is 5.91 Å². The fourth-order valence-electron chi connectivity index (χ4n) is 3.64. The van der Waals surface area contributed by atoms with E-state index in [1.54, 1.807) is 77.8 Å². The molecule has 2 N–H and O–H groups in total. The fourth-order valence-corrected chi connectivity index (χ4v) is 3.64. The second kappa shape index (κ2) is 8.04. The van der Waals surface area contributed by atoms with Crippen LogP contribution in [0.2, 0.25) is 0 Å². The Morgan fingerprint density at radius 3 is 2.03 bits per heavy atom. The summed E-state index contributed by atoms with van der Waals surface area (Å²) in [6.07, 6.45) is 1.48. The minimum atomic E-state index is -1.90. The van der Waals surface area contributed by atoms with Gasteiger partial charge in [-0.1, -0.05) is 66.7 Å². The zero-order valence-electron chi connectivity index (χ0n) is 17.2. The van der Waals surface area contributed by atoms with E-state index in [-0.39, 0.29) is 5.69 Å². The van der Waals surface area contributed by atoms with Crippen molar-refractivity contribution in [3.8, 4) is 0 Å². The number of nitrogens with one attached hydrogen (secondary N) is 1. The highest BCUT2D eigenvalue weighted by atomic mass is 16.3. The highest BCUT2D eigenvalue weighted by molar-refractivity contribution is 5.92. The summed E-state index contributed by atoms with van der Waals surface area (Å²) < 4.78 is 3.12. The molecule has 4 aromatic rings. The number of hydrazone groups is 1. The number of amides is 1. The summed E-state index contributed by atoms with van der Waals surface area (Å²) in [6.45, 7) is 0. The van der Waals surface area contributed by atoms with Gasteiger partial charge in [0.05, 0.1) is 17.2 Å². The Morgan fingerprint density at radius 2 is 1.45 bits per heavy atom. The predicted molar refractivity (Wildman–Crippen MR) is 120 cm³/mol. The molecule has 0 bridgehead atoms. The van der Waals surface area contributed by atoms with Crippen LogP contribution >= 0.6 is 0 Å². The number of fused-ring (bicyclic) bond motifs is 1. The third-order valence-electron chi connectivity index (χ3n) is 5.39. The van der Waals surface area contributed by atoms with Crippen LogP contribution in [0.3, 0.4) is 0 Å². The van der Waals surface area contributed by atoms with E-state index in [0.717, 1.165) is 11.0 Å². The Hall–Kier alpha value is -3.97. The maximum Gasteiger partial charge on any atom is 0.328 e. The third-order valence-corrected chi connectivity index (χ3v) is 5.39. The minimum Gasteiger partial charge on any atom is -0.372 e. The van der Waals surface area contributed by atoms with Crippen LogP contribution in [0.25, 0.3) is 11.0 Å².